The Hall–Kier alpha value is -0.0800. The van der Waals surface area contributed by atoms with Gasteiger partial charge in [-0.05, 0) is 5.92 Å². The first-order chi connectivity index (χ1) is 4.79. The van der Waals surface area contributed by atoms with Gasteiger partial charge in [-0.2, -0.15) is 0 Å². The maximum absolute atomic E-state index is 5.12. The molecule has 2 unspecified atom stereocenters. The van der Waals surface area contributed by atoms with Gasteiger partial charge in [0.1, 0.15) is 0 Å². The lowest BCUT2D eigenvalue weighted by Gasteiger charge is -2.28. The van der Waals surface area contributed by atoms with Crippen LogP contribution in [0.2, 0.25) is 0 Å². The highest BCUT2D eigenvalue weighted by Crippen LogP contribution is 2.30. The molecular formula is C8H15NO. The average molecular weight is 141 g/mol. The van der Waals surface area contributed by atoms with E-state index in [4.69, 9.17) is 4.74 Å². The molecule has 58 valence electrons. The molecule has 2 fully saturated rings. The zero-order valence-electron chi connectivity index (χ0n) is 6.71. The Bertz CT molecular complexity index is 131. The second-order valence-electron chi connectivity index (χ2n) is 3.70. The van der Waals surface area contributed by atoms with E-state index in [0.29, 0.717) is 0 Å². The minimum Gasteiger partial charge on any atom is -0.378 e. The van der Waals surface area contributed by atoms with Crippen LogP contribution in [0.1, 0.15) is 13.8 Å². The molecule has 2 rings (SSSR count). The lowest BCUT2D eigenvalue weighted by molar-refractivity contribution is -0.0349. The molecule has 2 heterocycles. The summed E-state index contributed by atoms with van der Waals surface area (Å²) in [4.78, 5) is 2.55. The third kappa shape index (κ3) is 0.956. The highest BCUT2D eigenvalue weighted by atomic mass is 16.5. The van der Waals surface area contributed by atoms with E-state index in [2.05, 4.69) is 18.7 Å². The summed E-state index contributed by atoms with van der Waals surface area (Å²) in [5.74, 6) is 0.834. The van der Waals surface area contributed by atoms with E-state index in [1.807, 2.05) is 0 Å². The Morgan fingerprint density at radius 2 is 2.10 bits per heavy atom. The second kappa shape index (κ2) is 2.21. The van der Waals surface area contributed by atoms with E-state index < -0.39 is 0 Å². The normalized spacial score (nSPS) is 39.9. The van der Waals surface area contributed by atoms with Crippen LogP contribution in [-0.4, -0.2) is 36.7 Å². The molecule has 0 spiro atoms. The van der Waals surface area contributed by atoms with Gasteiger partial charge in [0.05, 0.1) is 19.3 Å². The van der Waals surface area contributed by atoms with Crippen LogP contribution in [0.25, 0.3) is 0 Å². The molecule has 0 aliphatic carbocycles. The van der Waals surface area contributed by atoms with Crippen molar-refractivity contribution < 1.29 is 4.74 Å². The largest absolute Gasteiger partial charge is 0.378 e. The molecule has 0 aromatic heterocycles. The van der Waals surface area contributed by atoms with Gasteiger partial charge in [-0.25, -0.2) is 0 Å². The molecule has 0 saturated carbocycles. The van der Waals surface area contributed by atoms with Crippen molar-refractivity contribution in [3.05, 3.63) is 0 Å². The lowest BCUT2D eigenvalue weighted by Crippen LogP contribution is -2.41. The summed E-state index contributed by atoms with van der Waals surface area (Å²) in [7, 11) is 0. The van der Waals surface area contributed by atoms with Crippen LogP contribution in [0.5, 0.6) is 0 Å². The van der Waals surface area contributed by atoms with E-state index >= 15 is 0 Å². The summed E-state index contributed by atoms with van der Waals surface area (Å²) in [5.41, 5.74) is 0. The summed E-state index contributed by atoms with van der Waals surface area (Å²) in [5, 5.41) is 0. The van der Waals surface area contributed by atoms with E-state index in [-0.39, 0.29) is 0 Å². The number of hydrogen-bond acceptors (Lipinski definition) is 2. The molecule has 0 N–H and O–H groups in total. The van der Waals surface area contributed by atoms with Crippen molar-refractivity contribution in [1.29, 1.82) is 0 Å². The molecule has 2 nitrogen and oxygen atoms in total. The van der Waals surface area contributed by atoms with Crippen LogP contribution in [0.15, 0.2) is 0 Å². The highest BCUT2D eigenvalue weighted by Gasteiger charge is 2.43. The first-order valence-electron chi connectivity index (χ1n) is 4.12. The van der Waals surface area contributed by atoms with Crippen molar-refractivity contribution in [2.45, 2.75) is 25.9 Å². The number of nitrogens with zero attached hydrogens (tertiary/aromatic N) is 1. The van der Waals surface area contributed by atoms with Gasteiger partial charge >= 0.3 is 0 Å². The first kappa shape index (κ1) is 6.62. The highest BCUT2D eigenvalue weighted by molar-refractivity contribution is 4.98. The molecular weight excluding hydrogens is 126 g/mol. The van der Waals surface area contributed by atoms with Gasteiger partial charge < -0.3 is 4.74 Å². The Balaban J connectivity index is 1.78. The fraction of sp³-hybridized carbons (Fsp3) is 1.00. The first-order valence-corrected chi connectivity index (χ1v) is 4.12. The maximum Gasteiger partial charge on any atom is 0.0645 e. The molecule has 2 aliphatic heterocycles. The summed E-state index contributed by atoms with van der Waals surface area (Å²) in [6.07, 6.45) is 0. The fourth-order valence-electron chi connectivity index (χ4n) is 1.60. The summed E-state index contributed by atoms with van der Waals surface area (Å²) >= 11 is 0. The van der Waals surface area contributed by atoms with Gasteiger partial charge in [-0.1, -0.05) is 13.8 Å². The van der Waals surface area contributed by atoms with E-state index in [1.54, 1.807) is 0 Å². The zero-order chi connectivity index (χ0) is 7.14. The van der Waals surface area contributed by atoms with Gasteiger partial charge in [-0.3, -0.25) is 4.90 Å². The van der Waals surface area contributed by atoms with Crippen molar-refractivity contribution in [1.82, 2.24) is 4.90 Å². The average Bonchev–Trinajstić information content (AvgIpc) is 2.40. The zero-order valence-corrected chi connectivity index (χ0v) is 6.71. The van der Waals surface area contributed by atoms with Crippen LogP contribution < -0.4 is 0 Å². The van der Waals surface area contributed by atoms with Crippen molar-refractivity contribution in [3.8, 4) is 0 Å². The minimum atomic E-state index is 0.771. The van der Waals surface area contributed by atoms with Crippen molar-refractivity contribution in [2.24, 2.45) is 5.92 Å². The van der Waals surface area contributed by atoms with Crippen LogP contribution in [0.3, 0.4) is 0 Å². The van der Waals surface area contributed by atoms with Crippen LogP contribution in [0, 0.1) is 5.92 Å². The minimum absolute atomic E-state index is 0.771. The Kier molecular flexibility index (Phi) is 1.46. The molecule has 10 heavy (non-hydrogen) atoms. The number of ether oxygens (including phenoxy) is 1. The number of hydrogen-bond donors (Lipinski definition) is 0. The molecule has 2 saturated heterocycles. The van der Waals surface area contributed by atoms with Gasteiger partial charge in [-0.15, -0.1) is 0 Å². The number of rotatable bonds is 2. The van der Waals surface area contributed by atoms with Crippen molar-refractivity contribution in [2.75, 3.05) is 19.8 Å². The van der Waals surface area contributed by atoms with E-state index in [0.717, 1.165) is 31.2 Å². The van der Waals surface area contributed by atoms with E-state index in [1.165, 1.54) is 6.54 Å². The SMILES string of the molecule is CC(C)C1CN1C1COC1. The molecule has 0 bridgehead atoms. The Morgan fingerprint density at radius 1 is 1.40 bits per heavy atom. The second-order valence-corrected chi connectivity index (χ2v) is 3.70. The topological polar surface area (TPSA) is 12.2 Å². The van der Waals surface area contributed by atoms with Crippen molar-refractivity contribution in [3.63, 3.8) is 0 Å². The molecule has 2 aliphatic rings. The molecule has 0 aromatic carbocycles. The van der Waals surface area contributed by atoms with Crippen LogP contribution >= 0.6 is 0 Å². The van der Waals surface area contributed by atoms with Gasteiger partial charge in [0, 0.05) is 12.6 Å². The predicted molar refractivity (Wildman–Crippen MR) is 39.9 cm³/mol. The molecule has 0 aromatic rings. The smallest absolute Gasteiger partial charge is 0.0645 e. The van der Waals surface area contributed by atoms with Crippen LogP contribution in [0.4, 0.5) is 0 Å². The van der Waals surface area contributed by atoms with Gasteiger partial charge in [0.25, 0.3) is 0 Å². The standard InChI is InChI=1S/C8H15NO/c1-6(2)8-3-9(8)7-4-10-5-7/h6-8H,3-5H2,1-2H3. The van der Waals surface area contributed by atoms with E-state index in [9.17, 15) is 0 Å². The Morgan fingerprint density at radius 3 is 2.40 bits per heavy atom. The monoisotopic (exact) mass is 141 g/mol. The predicted octanol–water partition coefficient (Wildman–Crippen LogP) is 0.725. The molecule has 2 heteroatoms. The fourth-order valence-corrected chi connectivity index (χ4v) is 1.60. The third-order valence-electron chi connectivity index (χ3n) is 2.55. The van der Waals surface area contributed by atoms with Crippen molar-refractivity contribution >= 4 is 0 Å². The molecule has 0 amide bonds. The molecule has 2 atom stereocenters. The molecule has 0 radical (unpaired) electrons. The third-order valence-corrected chi connectivity index (χ3v) is 2.55. The summed E-state index contributed by atoms with van der Waals surface area (Å²) in [6.45, 7) is 7.85. The van der Waals surface area contributed by atoms with Gasteiger partial charge in [0.15, 0.2) is 0 Å². The lowest BCUT2D eigenvalue weighted by atomic mass is 10.1. The summed E-state index contributed by atoms with van der Waals surface area (Å²) in [6, 6.07) is 1.64. The summed E-state index contributed by atoms with van der Waals surface area (Å²) < 4.78 is 5.12. The maximum atomic E-state index is 5.12. The van der Waals surface area contributed by atoms with Crippen LogP contribution in [-0.2, 0) is 4.74 Å². The Labute approximate surface area is 62.2 Å². The van der Waals surface area contributed by atoms with Gasteiger partial charge in [0.2, 0.25) is 0 Å². The quantitative estimate of drug-likeness (QED) is 0.525.